The van der Waals surface area contributed by atoms with E-state index in [9.17, 15) is 4.79 Å². The van der Waals surface area contributed by atoms with E-state index in [2.05, 4.69) is 42.5 Å². The second-order valence-electron chi connectivity index (χ2n) is 7.49. The van der Waals surface area contributed by atoms with Crippen LogP contribution in [0.3, 0.4) is 0 Å². The smallest absolute Gasteiger partial charge is 0.227 e. The first-order valence-corrected chi connectivity index (χ1v) is 10.1. The van der Waals surface area contributed by atoms with Gasteiger partial charge in [-0.1, -0.05) is 48.5 Å². The van der Waals surface area contributed by atoms with Crippen LogP contribution in [0.25, 0.3) is 0 Å². The van der Waals surface area contributed by atoms with Crippen molar-refractivity contribution >= 4 is 5.91 Å². The molecule has 0 saturated carbocycles. The zero-order chi connectivity index (χ0) is 20.1. The van der Waals surface area contributed by atoms with Gasteiger partial charge in [-0.2, -0.15) is 0 Å². The van der Waals surface area contributed by atoms with Crippen LogP contribution in [-0.4, -0.2) is 29.4 Å². The third-order valence-corrected chi connectivity index (χ3v) is 5.49. The topological polar surface area (TPSA) is 42.4 Å². The maximum Gasteiger partial charge on any atom is 0.227 e. The van der Waals surface area contributed by atoms with Gasteiger partial charge >= 0.3 is 0 Å². The minimum absolute atomic E-state index is 0.0662. The van der Waals surface area contributed by atoms with Crippen molar-refractivity contribution in [2.24, 2.45) is 0 Å². The van der Waals surface area contributed by atoms with E-state index in [1.807, 2.05) is 35.2 Å². The second kappa shape index (κ2) is 8.91. The number of hydrogen-bond acceptors (Lipinski definition) is 3. The Labute approximate surface area is 172 Å². The van der Waals surface area contributed by atoms with Crippen LogP contribution in [0, 0.1) is 0 Å². The number of carbonyl (C=O) groups excluding carboxylic acids is 1. The predicted octanol–water partition coefficient (Wildman–Crippen LogP) is 4.59. The van der Waals surface area contributed by atoms with Gasteiger partial charge in [0.2, 0.25) is 5.91 Å². The van der Waals surface area contributed by atoms with Crippen molar-refractivity contribution in [3.8, 4) is 5.75 Å². The Morgan fingerprint density at radius 3 is 2.55 bits per heavy atom. The Morgan fingerprint density at radius 2 is 1.79 bits per heavy atom. The number of hydrogen-bond donors (Lipinski definition) is 0. The summed E-state index contributed by atoms with van der Waals surface area (Å²) in [6.07, 6.45) is 3.20. The molecule has 0 N–H and O–H groups in total. The summed E-state index contributed by atoms with van der Waals surface area (Å²) in [5.41, 5.74) is 4.30. The summed E-state index contributed by atoms with van der Waals surface area (Å²) in [5.74, 6) is 0.965. The lowest BCUT2D eigenvalue weighted by Crippen LogP contribution is -2.32. The lowest BCUT2D eigenvalue weighted by molar-refractivity contribution is -0.131. The van der Waals surface area contributed by atoms with Gasteiger partial charge in [-0.25, -0.2) is 0 Å². The number of ether oxygens (including phenoxy) is 1. The van der Waals surface area contributed by atoms with Crippen LogP contribution in [0.2, 0.25) is 0 Å². The van der Waals surface area contributed by atoms with Crippen LogP contribution < -0.4 is 4.74 Å². The van der Waals surface area contributed by atoms with Crippen molar-refractivity contribution < 1.29 is 9.53 Å². The monoisotopic (exact) mass is 386 g/mol. The Bertz CT molecular complexity index is 954. The van der Waals surface area contributed by atoms with Crippen molar-refractivity contribution in [3.63, 3.8) is 0 Å². The molecule has 1 amide bonds. The molecule has 4 heteroatoms. The van der Waals surface area contributed by atoms with Crippen molar-refractivity contribution in [1.29, 1.82) is 0 Å². The summed E-state index contributed by atoms with van der Waals surface area (Å²) in [6, 6.07) is 24.3. The van der Waals surface area contributed by atoms with Crippen molar-refractivity contribution in [2.75, 3.05) is 13.7 Å². The molecule has 1 aliphatic rings. The predicted molar refractivity (Wildman–Crippen MR) is 114 cm³/mol. The maximum atomic E-state index is 13.0. The molecule has 1 aromatic heterocycles. The highest BCUT2D eigenvalue weighted by molar-refractivity contribution is 5.79. The van der Waals surface area contributed by atoms with Crippen LogP contribution in [0.1, 0.15) is 41.4 Å². The summed E-state index contributed by atoms with van der Waals surface area (Å²) >= 11 is 0. The number of nitrogens with zero attached hydrogens (tertiary/aromatic N) is 2. The second-order valence-corrected chi connectivity index (χ2v) is 7.49. The quantitative estimate of drug-likeness (QED) is 0.622. The first-order chi connectivity index (χ1) is 14.2. The molecule has 1 aliphatic heterocycles. The molecule has 0 radical (unpaired) electrons. The van der Waals surface area contributed by atoms with Crippen molar-refractivity contribution in [3.05, 3.63) is 95.3 Å². The summed E-state index contributed by atoms with van der Waals surface area (Å²) in [4.78, 5) is 19.9. The minimum Gasteiger partial charge on any atom is -0.497 e. The van der Waals surface area contributed by atoms with Gasteiger partial charge in [0.1, 0.15) is 5.75 Å². The first kappa shape index (κ1) is 19.2. The number of rotatable bonds is 6. The molecule has 148 valence electrons. The molecule has 0 bridgehead atoms. The average Bonchev–Trinajstić information content (AvgIpc) is 3.25. The summed E-state index contributed by atoms with van der Waals surface area (Å²) in [5, 5.41) is 0. The number of pyridine rings is 1. The van der Waals surface area contributed by atoms with Crippen molar-refractivity contribution in [2.45, 2.75) is 31.7 Å². The number of benzene rings is 2. The fraction of sp³-hybridized carbons (Fsp3) is 0.280. The van der Waals surface area contributed by atoms with Gasteiger partial charge in [0, 0.05) is 18.7 Å². The summed E-state index contributed by atoms with van der Waals surface area (Å²) in [7, 11) is 1.65. The molecule has 1 atom stereocenters. The zero-order valence-electron chi connectivity index (χ0n) is 16.8. The van der Waals surface area contributed by atoms with E-state index in [1.54, 1.807) is 7.11 Å². The van der Waals surface area contributed by atoms with Gasteiger partial charge in [-0.3, -0.25) is 9.78 Å². The number of methoxy groups -OCH3 is 1. The highest BCUT2D eigenvalue weighted by Crippen LogP contribution is 2.31. The zero-order valence-corrected chi connectivity index (χ0v) is 16.8. The minimum atomic E-state index is 0.0662. The molecule has 29 heavy (non-hydrogen) atoms. The molecule has 2 aromatic carbocycles. The third kappa shape index (κ3) is 4.65. The van der Waals surface area contributed by atoms with E-state index < -0.39 is 0 Å². The van der Waals surface area contributed by atoms with E-state index in [-0.39, 0.29) is 11.9 Å². The maximum absolute atomic E-state index is 13.0. The van der Waals surface area contributed by atoms with Crippen LogP contribution in [0.5, 0.6) is 5.75 Å². The lowest BCUT2D eigenvalue weighted by atomic mass is 10.1. The van der Waals surface area contributed by atoms with Gasteiger partial charge in [0.15, 0.2) is 0 Å². The molecule has 3 aromatic rings. The van der Waals surface area contributed by atoms with Crippen LogP contribution in [0.15, 0.2) is 72.8 Å². The van der Waals surface area contributed by atoms with Gasteiger partial charge in [0.25, 0.3) is 0 Å². The fourth-order valence-electron chi connectivity index (χ4n) is 3.98. The Kier molecular flexibility index (Phi) is 5.89. The van der Waals surface area contributed by atoms with Gasteiger partial charge < -0.3 is 9.64 Å². The van der Waals surface area contributed by atoms with Gasteiger partial charge in [0.05, 0.1) is 25.3 Å². The molecule has 2 heterocycles. The summed E-state index contributed by atoms with van der Waals surface area (Å²) < 4.78 is 5.20. The standard InChI is InChI=1S/C25H26N2O2/c1-29-22-14-12-20(13-15-22)18-25(28)27-16-6-11-24(27)23-10-5-9-21(26-23)17-19-7-3-2-4-8-19/h2-5,7-10,12-15,24H,6,11,16-18H2,1H3. The molecule has 0 aliphatic carbocycles. The van der Waals surface area contributed by atoms with E-state index in [0.29, 0.717) is 6.42 Å². The van der Waals surface area contributed by atoms with Crippen LogP contribution >= 0.6 is 0 Å². The normalized spacial score (nSPS) is 16.0. The van der Waals surface area contributed by atoms with E-state index in [1.165, 1.54) is 5.56 Å². The Morgan fingerprint density at radius 1 is 1.00 bits per heavy atom. The first-order valence-electron chi connectivity index (χ1n) is 10.1. The highest BCUT2D eigenvalue weighted by Gasteiger charge is 2.30. The van der Waals surface area contributed by atoms with Gasteiger partial charge in [-0.15, -0.1) is 0 Å². The number of aromatic nitrogens is 1. The third-order valence-electron chi connectivity index (χ3n) is 5.49. The largest absolute Gasteiger partial charge is 0.497 e. The van der Waals surface area contributed by atoms with E-state index in [0.717, 1.165) is 48.5 Å². The Balaban J connectivity index is 1.47. The molecule has 4 nitrogen and oxygen atoms in total. The van der Waals surface area contributed by atoms with Crippen LogP contribution in [0.4, 0.5) is 0 Å². The van der Waals surface area contributed by atoms with Crippen LogP contribution in [-0.2, 0) is 17.6 Å². The molecular weight excluding hydrogens is 360 g/mol. The van der Waals surface area contributed by atoms with E-state index >= 15 is 0 Å². The molecule has 0 spiro atoms. The number of carbonyl (C=O) groups is 1. The molecule has 1 saturated heterocycles. The molecule has 1 unspecified atom stereocenters. The van der Waals surface area contributed by atoms with Crippen molar-refractivity contribution in [1.82, 2.24) is 9.88 Å². The fourth-order valence-corrected chi connectivity index (χ4v) is 3.98. The number of amides is 1. The van der Waals surface area contributed by atoms with Gasteiger partial charge in [-0.05, 0) is 48.2 Å². The molecular formula is C25H26N2O2. The highest BCUT2D eigenvalue weighted by atomic mass is 16.5. The Hall–Kier alpha value is -3.14. The van der Waals surface area contributed by atoms with E-state index in [4.69, 9.17) is 9.72 Å². The molecule has 4 rings (SSSR count). The number of likely N-dealkylation sites (tertiary alicyclic amines) is 1. The summed E-state index contributed by atoms with van der Waals surface area (Å²) in [6.45, 7) is 0.796. The molecule has 1 fully saturated rings. The lowest BCUT2D eigenvalue weighted by Gasteiger charge is -2.25. The SMILES string of the molecule is COc1ccc(CC(=O)N2CCCC2c2cccc(Cc3ccccc3)n2)cc1. The average molecular weight is 386 g/mol.